The number of ether oxygens (including phenoxy) is 1. The van der Waals surface area contributed by atoms with Gasteiger partial charge in [0.1, 0.15) is 5.75 Å². The van der Waals surface area contributed by atoms with Crippen LogP contribution in [0.15, 0.2) is 54.6 Å². The van der Waals surface area contributed by atoms with E-state index >= 15 is 0 Å². The summed E-state index contributed by atoms with van der Waals surface area (Å²) in [7, 11) is 1.65. The number of hydrogen-bond acceptors (Lipinski definition) is 4. The third-order valence-electron chi connectivity index (χ3n) is 6.55. The number of aryl methyl sites for hydroxylation is 1. The lowest BCUT2D eigenvalue weighted by molar-refractivity contribution is -0.132. The number of amides is 2. The van der Waals surface area contributed by atoms with Crippen molar-refractivity contribution in [3.63, 3.8) is 0 Å². The lowest BCUT2D eigenvalue weighted by Crippen LogP contribution is -2.30. The molecule has 0 bridgehead atoms. The van der Waals surface area contributed by atoms with E-state index in [1.165, 1.54) is 0 Å². The van der Waals surface area contributed by atoms with Crippen LogP contribution in [0.25, 0.3) is 11.3 Å². The first-order valence-electron chi connectivity index (χ1n) is 11.5. The summed E-state index contributed by atoms with van der Waals surface area (Å²) < 4.78 is 7.26. The predicted molar refractivity (Wildman–Crippen MR) is 126 cm³/mol. The average molecular weight is 445 g/mol. The molecule has 1 aromatic heterocycles. The molecule has 1 N–H and O–H groups in total. The molecule has 2 amide bonds. The number of nitrogens with zero attached hydrogens (tertiary/aromatic N) is 3. The fourth-order valence-electron chi connectivity index (χ4n) is 4.76. The Morgan fingerprint density at radius 1 is 1.15 bits per heavy atom. The van der Waals surface area contributed by atoms with Crippen LogP contribution in [0.3, 0.4) is 0 Å². The topological polar surface area (TPSA) is 76.5 Å². The van der Waals surface area contributed by atoms with Crippen LogP contribution in [0.2, 0.25) is 0 Å². The molecule has 170 valence electrons. The van der Waals surface area contributed by atoms with Gasteiger partial charge in [-0.1, -0.05) is 18.2 Å². The Labute approximate surface area is 193 Å². The molecule has 0 spiro atoms. The Morgan fingerprint density at radius 3 is 2.79 bits per heavy atom. The smallest absolute Gasteiger partial charge is 0.232 e. The SMILES string of the molecule is COc1ccc(-c2cc3n(n2)CCCN(C(=O)CCCC2C(=O)Nc4ccccc42)C3)cc1. The second-order valence-corrected chi connectivity index (χ2v) is 8.66. The molecular weight excluding hydrogens is 416 g/mol. The van der Waals surface area contributed by atoms with Gasteiger partial charge in [0.25, 0.3) is 0 Å². The molecule has 0 aliphatic carbocycles. The van der Waals surface area contributed by atoms with Crippen LogP contribution < -0.4 is 10.1 Å². The second kappa shape index (κ2) is 9.10. The minimum atomic E-state index is -0.161. The zero-order chi connectivity index (χ0) is 22.8. The molecule has 0 saturated carbocycles. The van der Waals surface area contributed by atoms with E-state index in [4.69, 9.17) is 9.84 Å². The summed E-state index contributed by atoms with van der Waals surface area (Å²) in [4.78, 5) is 27.2. The van der Waals surface area contributed by atoms with E-state index in [2.05, 4.69) is 11.4 Å². The number of benzene rings is 2. The van der Waals surface area contributed by atoms with Crippen LogP contribution in [0.5, 0.6) is 5.75 Å². The number of para-hydroxylation sites is 1. The molecule has 1 atom stereocenters. The van der Waals surface area contributed by atoms with Gasteiger partial charge < -0.3 is 15.0 Å². The normalized spacial score (nSPS) is 17.2. The summed E-state index contributed by atoms with van der Waals surface area (Å²) in [6, 6.07) is 17.7. The van der Waals surface area contributed by atoms with Crippen molar-refractivity contribution in [2.24, 2.45) is 0 Å². The molecule has 33 heavy (non-hydrogen) atoms. The van der Waals surface area contributed by atoms with Gasteiger partial charge in [0.2, 0.25) is 11.8 Å². The van der Waals surface area contributed by atoms with E-state index in [1.54, 1.807) is 7.11 Å². The highest BCUT2D eigenvalue weighted by Crippen LogP contribution is 2.35. The van der Waals surface area contributed by atoms with Crippen molar-refractivity contribution >= 4 is 17.5 Å². The van der Waals surface area contributed by atoms with Gasteiger partial charge in [-0.25, -0.2) is 0 Å². The Hall–Kier alpha value is -3.61. The van der Waals surface area contributed by atoms with Crippen molar-refractivity contribution in [3.05, 3.63) is 65.9 Å². The van der Waals surface area contributed by atoms with Crippen molar-refractivity contribution in [1.82, 2.24) is 14.7 Å². The van der Waals surface area contributed by atoms with Crippen LogP contribution in [0.4, 0.5) is 5.69 Å². The second-order valence-electron chi connectivity index (χ2n) is 8.66. The minimum absolute atomic E-state index is 0.0355. The van der Waals surface area contributed by atoms with E-state index in [0.717, 1.165) is 53.5 Å². The zero-order valence-corrected chi connectivity index (χ0v) is 18.8. The Kier molecular flexibility index (Phi) is 5.86. The number of carbonyl (C=O) groups is 2. The van der Waals surface area contributed by atoms with E-state index < -0.39 is 0 Å². The summed E-state index contributed by atoms with van der Waals surface area (Å²) in [5.74, 6) is 0.831. The maximum atomic E-state index is 13.0. The summed E-state index contributed by atoms with van der Waals surface area (Å²) in [5, 5.41) is 7.71. The number of nitrogens with one attached hydrogen (secondary N) is 1. The fraction of sp³-hybridized carbons (Fsp3) is 0.346. The van der Waals surface area contributed by atoms with Crippen LogP contribution >= 0.6 is 0 Å². The molecule has 7 nitrogen and oxygen atoms in total. The van der Waals surface area contributed by atoms with Gasteiger partial charge in [0.05, 0.1) is 31.0 Å². The third-order valence-corrected chi connectivity index (χ3v) is 6.55. The van der Waals surface area contributed by atoms with Crippen molar-refractivity contribution in [2.45, 2.75) is 44.7 Å². The molecule has 3 heterocycles. The lowest BCUT2D eigenvalue weighted by atomic mass is 9.95. The molecule has 0 saturated heterocycles. The van der Waals surface area contributed by atoms with Gasteiger partial charge in [-0.2, -0.15) is 5.10 Å². The van der Waals surface area contributed by atoms with Crippen LogP contribution in [-0.4, -0.2) is 40.1 Å². The molecule has 5 rings (SSSR count). The number of methoxy groups -OCH3 is 1. The standard InChI is InChI=1S/C26H28N4O3/c1-33-20-12-10-18(11-13-20)24-16-19-17-29(14-5-15-30(19)28-24)25(31)9-4-7-22-21-6-2-3-8-23(21)27-26(22)32/h2-3,6,8,10-13,16,22H,4-5,7,9,14-15,17H2,1H3,(H,27,32). The van der Waals surface area contributed by atoms with Gasteiger partial charge in [0.15, 0.2) is 0 Å². The quantitative estimate of drug-likeness (QED) is 0.618. The van der Waals surface area contributed by atoms with Gasteiger partial charge in [-0.3, -0.25) is 14.3 Å². The van der Waals surface area contributed by atoms with Crippen molar-refractivity contribution in [2.75, 3.05) is 19.0 Å². The largest absolute Gasteiger partial charge is 0.497 e. The summed E-state index contributed by atoms with van der Waals surface area (Å²) in [6.07, 6.45) is 2.70. The van der Waals surface area contributed by atoms with Gasteiger partial charge >= 0.3 is 0 Å². The van der Waals surface area contributed by atoms with E-state index in [9.17, 15) is 9.59 Å². The average Bonchev–Trinajstić information content (AvgIpc) is 3.31. The molecule has 2 aliphatic rings. The first kappa shape index (κ1) is 21.2. The van der Waals surface area contributed by atoms with Crippen LogP contribution in [0.1, 0.15) is 42.9 Å². The van der Waals surface area contributed by atoms with E-state index in [0.29, 0.717) is 25.8 Å². The first-order chi connectivity index (χ1) is 16.1. The van der Waals surface area contributed by atoms with Crippen LogP contribution in [0, 0.1) is 0 Å². The zero-order valence-electron chi connectivity index (χ0n) is 18.8. The van der Waals surface area contributed by atoms with E-state index in [-0.39, 0.29) is 17.7 Å². The van der Waals surface area contributed by atoms with Crippen molar-refractivity contribution < 1.29 is 14.3 Å². The third kappa shape index (κ3) is 4.35. The molecule has 0 radical (unpaired) electrons. The Bertz CT molecular complexity index is 1170. The molecule has 2 aromatic carbocycles. The summed E-state index contributed by atoms with van der Waals surface area (Å²) >= 11 is 0. The summed E-state index contributed by atoms with van der Waals surface area (Å²) in [6.45, 7) is 2.09. The molecule has 1 unspecified atom stereocenters. The number of rotatable bonds is 6. The van der Waals surface area contributed by atoms with Crippen molar-refractivity contribution in [3.8, 4) is 17.0 Å². The van der Waals surface area contributed by atoms with Crippen LogP contribution in [-0.2, 0) is 22.7 Å². The van der Waals surface area contributed by atoms with Gasteiger partial charge in [-0.05, 0) is 61.2 Å². The number of fused-ring (bicyclic) bond motifs is 2. The minimum Gasteiger partial charge on any atom is -0.497 e. The molecular formula is C26H28N4O3. The Morgan fingerprint density at radius 2 is 1.97 bits per heavy atom. The number of aromatic nitrogens is 2. The van der Waals surface area contributed by atoms with Crippen molar-refractivity contribution in [1.29, 1.82) is 0 Å². The monoisotopic (exact) mass is 444 g/mol. The first-order valence-corrected chi connectivity index (χ1v) is 11.5. The number of hydrogen-bond donors (Lipinski definition) is 1. The highest BCUT2D eigenvalue weighted by molar-refractivity contribution is 6.02. The highest BCUT2D eigenvalue weighted by atomic mass is 16.5. The van der Waals surface area contributed by atoms with Gasteiger partial charge in [0, 0.05) is 30.8 Å². The predicted octanol–water partition coefficient (Wildman–Crippen LogP) is 4.20. The summed E-state index contributed by atoms with van der Waals surface area (Å²) in [5.41, 5.74) is 4.93. The fourth-order valence-corrected chi connectivity index (χ4v) is 4.76. The molecule has 7 heteroatoms. The highest BCUT2D eigenvalue weighted by Gasteiger charge is 2.30. The van der Waals surface area contributed by atoms with E-state index in [1.807, 2.05) is 58.1 Å². The molecule has 3 aromatic rings. The van der Waals surface area contributed by atoms with Gasteiger partial charge in [-0.15, -0.1) is 0 Å². The maximum absolute atomic E-state index is 13.0. The molecule has 2 aliphatic heterocycles. The number of carbonyl (C=O) groups excluding carboxylic acids is 2. The lowest BCUT2D eigenvalue weighted by Gasteiger charge is -2.20. The number of anilines is 1. The Balaban J connectivity index is 1.21. The maximum Gasteiger partial charge on any atom is 0.232 e. The molecule has 0 fully saturated rings.